The van der Waals surface area contributed by atoms with Crippen LogP contribution in [-0.2, 0) is 0 Å². The smallest absolute Gasteiger partial charge is 0.363 e. The number of benzene rings is 2. The number of amides is 1. The number of halogens is 4. The van der Waals surface area contributed by atoms with Crippen molar-refractivity contribution >= 4 is 33.3 Å². The number of hydrogen-bond donors (Lipinski definition) is 2. The van der Waals surface area contributed by atoms with E-state index in [9.17, 15) is 18.0 Å². The summed E-state index contributed by atoms with van der Waals surface area (Å²) < 4.78 is 43.1. The number of carbonyl (C=O) groups excluding carboxylic acids is 1. The van der Waals surface area contributed by atoms with Crippen molar-refractivity contribution in [2.45, 2.75) is 38.5 Å². The molecule has 2 atom stereocenters. The Kier molecular flexibility index (Phi) is 5.55. The Balaban J connectivity index is 1.68. The first-order chi connectivity index (χ1) is 14.6. The van der Waals surface area contributed by atoms with Crippen LogP contribution in [0.15, 0.2) is 53.1 Å². The Labute approximate surface area is 185 Å². The van der Waals surface area contributed by atoms with Gasteiger partial charge in [-0.05, 0) is 54.8 Å². The van der Waals surface area contributed by atoms with Crippen LogP contribution in [0.25, 0.3) is 0 Å². The van der Waals surface area contributed by atoms with Crippen molar-refractivity contribution in [1.82, 2.24) is 9.78 Å². The van der Waals surface area contributed by atoms with Gasteiger partial charge in [0.15, 0.2) is 6.04 Å². The molecule has 0 aliphatic carbocycles. The van der Waals surface area contributed by atoms with E-state index in [1.165, 1.54) is 6.20 Å². The molecule has 31 heavy (non-hydrogen) atoms. The number of carbonyl (C=O) groups is 1. The Morgan fingerprint density at radius 2 is 1.87 bits per heavy atom. The molecule has 162 valence electrons. The third kappa shape index (κ3) is 4.32. The zero-order valence-corrected chi connectivity index (χ0v) is 18.4. The molecule has 3 aromatic rings. The lowest BCUT2D eigenvalue weighted by atomic mass is 9.96. The van der Waals surface area contributed by atoms with Gasteiger partial charge in [0.05, 0.1) is 12.2 Å². The van der Waals surface area contributed by atoms with Gasteiger partial charge in [0.25, 0.3) is 5.91 Å². The zero-order valence-electron chi connectivity index (χ0n) is 16.8. The number of hydrogen-bond acceptors (Lipinski definition) is 3. The maximum atomic E-state index is 13.8. The maximum absolute atomic E-state index is 13.8. The zero-order chi connectivity index (χ0) is 22.3. The van der Waals surface area contributed by atoms with Gasteiger partial charge in [-0.3, -0.25) is 4.79 Å². The first-order valence-corrected chi connectivity index (χ1v) is 10.5. The average molecular weight is 493 g/mol. The van der Waals surface area contributed by atoms with Crippen LogP contribution in [0.3, 0.4) is 0 Å². The number of aryl methyl sites for hydroxylation is 2. The number of alkyl halides is 3. The molecule has 0 unspecified atom stereocenters. The molecular formula is C22H20BrF3N4O. The van der Waals surface area contributed by atoms with Crippen molar-refractivity contribution < 1.29 is 18.0 Å². The highest BCUT2D eigenvalue weighted by molar-refractivity contribution is 9.10. The molecule has 9 heteroatoms. The summed E-state index contributed by atoms with van der Waals surface area (Å²) in [7, 11) is 0. The minimum absolute atomic E-state index is 0.0582. The molecule has 0 spiro atoms. The number of rotatable bonds is 3. The third-order valence-electron chi connectivity index (χ3n) is 5.52. The van der Waals surface area contributed by atoms with Gasteiger partial charge < -0.3 is 10.6 Å². The highest BCUT2D eigenvalue weighted by Crippen LogP contribution is 2.44. The molecule has 1 aliphatic heterocycles. The quantitative estimate of drug-likeness (QED) is 0.459. The lowest BCUT2D eigenvalue weighted by Crippen LogP contribution is -2.36. The maximum Gasteiger partial charge on any atom is 0.410 e. The summed E-state index contributed by atoms with van der Waals surface area (Å²) in [6, 6.07) is 10.1. The fourth-order valence-electron chi connectivity index (χ4n) is 3.66. The van der Waals surface area contributed by atoms with Crippen molar-refractivity contribution in [3.8, 4) is 0 Å². The summed E-state index contributed by atoms with van der Waals surface area (Å²) in [5.41, 5.74) is 3.41. The van der Waals surface area contributed by atoms with Crippen LogP contribution < -0.4 is 10.6 Å². The molecule has 4 rings (SSSR count). The molecule has 0 bridgehead atoms. The van der Waals surface area contributed by atoms with Crippen molar-refractivity contribution in [3.63, 3.8) is 0 Å². The van der Waals surface area contributed by atoms with Crippen molar-refractivity contribution in [2.75, 3.05) is 10.6 Å². The van der Waals surface area contributed by atoms with Gasteiger partial charge in [-0.15, -0.1) is 0 Å². The van der Waals surface area contributed by atoms with Crippen LogP contribution in [-0.4, -0.2) is 21.9 Å². The molecule has 1 aromatic heterocycles. The molecule has 2 heterocycles. The highest BCUT2D eigenvalue weighted by atomic mass is 79.9. The summed E-state index contributed by atoms with van der Waals surface area (Å²) in [6.45, 7) is 3.88. The SMILES string of the molecule is Cc1ccc(NC(=O)c2cnn3c2N[C@@H](c2ccc(Br)cc2)C[C@H]3C(F)(F)F)cc1C. The molecule has 1 aliphatic rings. The summed E-state index contributed by atoms with van der Waals surface area (Å²) in [5.74, 6) is -0.461. The van der Waals surface area contributed by atoms with Crippen molar-refractivity contribution in [1.29, 1.82) is 0 Å². The van der Waals surface area contributed by atoms with E-state index in [1.807, 2.05) is 26.0 Å². The number of nitrogens with zero attached hydrogens (tertiary/aromatic N) is 2. The van der Waals surface area contributed by atoms with Gasteiger partial charge in [-0.25, -0.2) is 4.68 Å². The minimum atomic E-state index is -4.50. The minimum Gasteiger partial charge on any atom is -0.363 e. The Morgan fingerprint density at radius 1 is 1.16 bits per heavy atom. The molecule has 0 saturated heterocycles. The van der Waals surface area contributed by atoms with Crippen molar-refractivity contribution in [2.24, 2.45) is 0 Å². The van der Waals surface area contributed by atoms with Crippen molar-refractivity contribution in [3.05, 3.63) is 75.4 Å². The summed E-state index contributed by atoms with van der Waals surface area (Å²) >= 11 is 3.34. The van der Waals surface area contributed by atoms with E-state index in [-0.39, 0.29) is 17.8 Å². The molecular weight excluding hydrogens is 473 g/mol. The van der Waals surface area contributed by atoms with E-state index >= 15 is 0 Å². The fraction of sp³-hybridized carbons (Fsp3) is 0.273. The van der Waals surface area contributed by atoms with Crippen LogP contribution in [0.5, 0.6) is 0 Å². The normalized spacial score (nSPS) is 18.3. The first-order valence-electron chi connectivity index (χ1n) is 9.68. The van der Waals surface area contributed by atoms with Gasteiger partial charge in [-0.1, -0.05) is 34.1 Å². The molecule has 5 nitrogen and oxygen atoms in total. The van der Waals surface area contributed by atoms with Gasteiger partial charge >= 0.3 is 6.18 Å². The van der Waals surface area contributed by atoms with Gasteiger partial charge in [-0.2, -0.15) is 18.3 Å². The van der Waals surface area contributed by atoms with Gasteiger partial charge in [0, 0.05) is 16.6 Å². The van der Waals surface area contributed by atoms with Gasteiger partial charge in [0.2, 0.25) is 0 Å². The van der Waals surface area contributed by atoms with E-state index in [2.05, 4.69) is 31.7 Å². The van der Waals surface area contributed by atoms with E-state index < -0.39 is 24.2 Å². The molecule has 0 fully saturated rings. The standard InChI is InChI=1S/C22H20BrF3N4O/c1-12-3-8-16(9-13(12)2)28-21(31)17-11-27-30-19(22(24,25)26)10-18(29-20(17)30)14-4-6-15(23)7-5-14/h3-9,11,18-19,29H,10H2,1-2H3,(H,28,31)/t18-,19+/m1/s1. The fourth-order valence-corrected chi connectivity index (χ4v) is 3.92. The number of aromatic nitrogens is 2. The Hall–Kier alpha value is -2.81. The number of fused-ring (bicyclic) bond motifs is 1. The van der Waals surface area contributed by atoms with Gasteiger partial charge in [0.1, 0.15) is 11.4 Å². The molecule has 2 N–H and O–H groups in total. The lowest BCUT2D eigenvalue weighted by molar-refractivity contribution is -0.173. The second-order valence-corrected chi connectivity index (χ2v) is 8.56. The number of anilines is 2. The molecule has 2 aromatic carbocycles. The number of nitrogens with one attached hydrogen (secondary N) is 2. The monoisotopic (exact) mass is 492 g/mol. The van der Waals surface area contributed by atoms with E-state index in [0.717, 1.165) is 20.3 Å². The Bertz CT molecular complexity index is 1120. The highest BCUT2D eigenvalue weighted by Gasteiger charge is 2.47. The summed E-state index contributed by atoms with van der Waals surface area (Å²) in [4.78, 5) is 12.9. The second-order valence-electron chi connectivity index (χ2n) is 7.65. The predicted molar refractivity (Wildman–Crippen MR) is 116 cm³/mol. The van der Waals surface area contributed by atoms with Crippen LogP contribution in [0.1, 0.15) is 45.6 Å². The third-order valence-corrected chi connectivity index (χ3v) is 6.05. The first kappa shape index (κ1) is 21.4. The van der Waals surface area contributed by atoms with Crippen LogP contribution in [0, 0.1) is 13.8 Å². The predicted octanol–water partition coefficient (Wildman–Crippen LogP) is 6.18. The van der Waals surface area contributed by atoms with Crippen LogP contribution >= 0.6 is 15.9 Å². The second kappa shape index (κ2) is 8.03. The van der Waals surface area contributed by atoms with E-state index in [0.29, 0.717) is 11.3 Å². The average Bonchev–Trinajstić information content (AvgIpc) is 3.14. The summed E-state index contributed by atoms with van der Waals surface area (Å²) in [5, 5.41) is 9.76. The molecule has 1 amide bonds. The Morgan fingerprint density at radius 3 is 2.52 bits per heavy atom. The summed E-state index contributed by atoms with van der Waals surface area (Å²) in [6.07, 6.45) is -3.54. The molecule has 0 radical (unpaired) electrons. The van der Waals surface area contributed by atoms with E-state index in [1.54, 1.807) is 30.3 Å². The van der Waals surface area contributed by atoms with Crippen LogP contribution in [0.2, 0.25) is 0 Å². The topological polar surface area (TPSA) is 59.0 Å². The van der Waals surface area contributed by atoms with E-state index in [4.69, 9.17) is 0 Å². The van der Waals surface area contributed by atoms with Crippen LogP contribution in [0.4, 0.5) is 24.7 Å². The molecule has 0 saturated carbocycles. The lowest BCUT2D eigenvalue weighted by Gasteiger charge is -2.34. The largest absolute Gasteiger partial charge is 0.410 e.